The van der Waals surface area contributed by atoms with E-state index in [1.807, 2.05) is 13.8 Å². The van der Waals surface area contributed by atoms with Crippen LogP contribution in [-0.4, -0.2) is 393 Å². The molecule has 0 aromatic carbocycles. The first kappa shape index (κ1) is 98.1. The van der Waals surface area contributed by atoms with Crippen LogP contribution in [0.1, 0.15) is 93.9 Å². The van der Waals surface area contributed by atoms with Gasteiger partial charge in [-0.3, -0.25) is 43.2 Å². The van der Waals surface area contributed by atoms with Crippen LogP contribution in [0.5, 0.6) is 0 Å². The second-order valence-electron chi connectivity index (χ2n) is 32.9. The van der Waals surface area contributed by atoms with Crippen molar-refractivity contribution in [1.82, 2.24) is 42.5 Å². The normalized spacial score (nSPS) is 32.4. The van der Waals surface area contributed by atoms with E-state index in [0.29, 0.717) is 19.4 Å². The van der Waals surface area contributed by atoms with E-state index >= 15 is 0 Å². The summed E-state index contributed by atoms with van der Waals surface area (Å²) < 4.78 is 93.6. The number of aliphatic hydroxyl groups is 9. The molecule has 3 saturated heterocycles. The molecule has 43 nitrogen and oxygen atoms in total. The number of carbonyl (C=O) groups is 8. The summed E-state index contributed by atoms with van der Waals surface area (Å²) in [5.74, 6) is 0.356. The molecule has 8 fully saturated rings. The van der Waals surface area contributed by atoms with E-state index in [1.165, 1.54) is 20.8 Å². The van der Waals surface area contributed by atoms with Gasteiger partial charge < -0.3 is 164 Å². The minimum atomic E-state index is -1.55. The fourth-order valence-corrected chi connectivity index (χ4v) is 17.4. The Hall–Kier alpha value is -5.32. The van der Waals surface area contributed by atoms with Crippen LogP contribution in [0.25, 0.3) is 0 Å². The average Bonchev–Trinajstić information content (AvgIpc) is 0.628. The van der Waals surface area contributed by atoms with Gasteiger partial charge in [-0.05, 0) is 45.4 Å². The maximum absolute atomic E-state index is 14.6. The SMILES string of the molecule is CC(=O)NC1(C)C(C2(CO)CC(O)[C@H]2O)O[C@H]1OCCOCCOCCNC(=O)CCOCC(COCCC(=O)NCCOCCOCCO[C@@H]1OC2C3(CO)C(C(O)[C@H]3O)C21NC(C)=O)(COCCC(=O)NCCOCCOCCO[C@@H]1OC2C3(CO)C(C(O)[C@H]3O)C21NC(C)=O)NC(=O)C(C)(C)OCCC(C)(C)CCNC(=O)CON. The van der Waals surface area contributed by atoms with E-state index in [1.54, 1.807) is 20.8 Å². The summed E-state index contributed by atoms with van der Waals surface area (Å²) in [7, 11) is 0. The molecule has 0 aromatic rings. The van der Waals surface area contributed by atoms with Crippen LogP contribution in [-0.2, 0) is 119 Å². The van der Waals surface area contributed by atoms with Crippen LogP contribution >= 0.6 is 0 Å². The molecule has 0 aromatic heterocycles. The van der Waals surface area contributed by atoms with Crippen molar-refractivity contribution in [2.45, 2.75) is 195 Å². The van der Waals surface area contributed by atoms with Gasteiger partial charge in [0.1, 0.15) is 46.6 Å². The van der Waals surface area contributed by atoms with Gasteiger partial charge in [-0.2, -0.15) is 0 Å². The molecular weight excluding hydrogens is 1570 g/mol. The van der Waals surface area contributed by atoms with Gasteiger partial charge in [0.05, 0.1) is 218 Å². The maximum atomic E-state index is 14.6. The van der Waals surface area contributed by atoms with E-state index in [-0.39, 0.29) is 226 Å². The first-order valence-electron chi connectivity index (χ1n) is 40.3. The van der Waals surface area contributed by atoms with Crippen LogP contribution in [0.2, 0.25) is 0 Å². The molecule has 14 unspecified atom stereocenters. The van der Waals surface area contributed by atoms with Crippen LogP contribution in [0.3, 0.4) is 0 Å². The summed E-state index contributed by atoms with van der Waals surface area (Å²) in [4.78, 5) is 107. The topological polar surface area (TPSA) is 598 Å². The Bertz CT molecular complexity index is 3140. The van der Waals surface area contributed by atoms with Crippen molar-refractivity contribution in [2.24, 2.45) is 39.4 Å². The highest BCUT2D eigenvalue weighted by Gasteiger charge is 2.92. The predicted octanol–water partition coefficient (Wildman–Crippen LogP) is -8.22. The van der Waals surface area contributed by atoms with E-state index in [4.69, 9.17) is 81.7 Å². The smallest absolute Gasteiger partial charge is 0.252 e. The highest BCUT2D eigenvalue weighted by Crippen LogP contribution is 2.74. The average molecular weight is 1700 g/mol. The minimum absolute atomic E-state index is 0.0488. The number of ether oxygens (including phenoxy) is 16. The summed E-state index contributed by atoms with van der Waals surface area (Å²) in [6.45, 7) is 12.2. The van der Waals surface area contributed by atoms with Crippen molar-refractivity contribution in [3.63, 3.8) is 0 Å². The molecule has 43 heteroatoms. The molecule has 5 aliphatic carbocycles. The van der Waals surface area contributed by atoms with Gasteiger partial charge in [0.15, 0.2) is 18.9 Å². The van der Waals surface area contributed by atoms with Gasteiger partial charge in [-0.1, -0.05) is 13.8 Å². The zero-order valence-electron chi connectivity index (χ0n) is 68.8. The number of hydrogen-bond acceptors (Lipinski definition) is 35. The minimum Gasteiger partial charge on any atom is -0.396 e. The maximum Gasteiger partial charge on any atom is 0.252 e. The molecule has 19 N–H and O–H groups in total. The van der Waals surface area contributed by atoms with Crippen molar-refractivity contribution in [2.75, 3.05) is 198 Å². The van der Waals surface area contributed by atoms with Crippen LogP contribution in [0.4, 0.5) is 0 Å². The van der Waals surface area contributed by atoms with Gasteiger partial charge in [0.2, 0.25) is 41.4 Å². The standard InChI is InChI=1S/C75H129N9O34/c1-45(88)81-69(8)60(71(39-85)37-48(91)57(71)98)116-64(69)111-34-31-105-28-25-102-22-15-78-49(92)9-18-108-42-70(84-63(101)68(6,7)114-21-13-67(4,5)12-14-77-52(95)38-115-76,43-109-19-10-50(93)79-16-23-103-26-29-106-32-35-112-65-74(82-46(2)89)55-53(96)58(99)72(55,40-86)61(74)117-65)44-110-20-11-51(94)80-17-24-104-27-30-107-33-36-113-66-75(83-47(3)90)56-54(97)59(100)73(56,41-87)62(75)118-66/h48,53-62,64-66,85-87,91,96-100H,9-44,76H2,1-8H3,(H,77,95)(H,78,92)(H,79,93)(H,80,94)(H,81,88)(H,82,89)(H,83,90)(H,84,101)/t48?,53?,54?,55?,56?,57-,58-,59-,60?,61?,62?,64-,65-,66-,69?,70?,71?,72?,73?,74?,75?/m1/s1. The Labute approximate surface area is 685 Å². The van der Waals surface area contributed by atoms with Gasteiger partial charge in [-0.25, -0.2) is 5.90 Å². The molecule has 0 radical (unpaired) electrons. The monoisotopic (exact) mass is 1700 g/mol. The fraction of sp³-hybridized carbons (Fsp3) is 0.893. The van der Waals surface area contributed by atoms with Crippen LogP contribution in [0.15, 0.2) is 0 Å². The first-order valence-corrected chi connectivity index (χ1v) is 40.3. The molecular formula is C75H129N9O34. The van der Waals surface area contributed by atoms with Crippen molar-refractivity contribution in [1.29, 1.82) is 0 Å². The number of carbonyl (C=O) groups excluding carboxylic acids is 8. The molecule has 8 amide bonds. The zero-order valence-corrected chi connectivity index (χ0v) is 68.8. The number of hydrogen-bond donors (Lipinski definition) is 18. The lowest BCUT2D eigenvalue weighted by molar-refractivity contribution is -0.496. The highest BCUT2D eigenvalue weighted by atomic mass is 16.7. The Balaban J connectivity index is 0.777. The Morgan fingerprint density at radius 3 is 1.19 bits per heavy atom. The Kier molecular flexibility index (Phi) is 36.9. The van der Waals surface area contributed by atoms with Gasteiger partial charge in [0.25, 0.3) is 5.91 Å². The number of aliphatic hydroxyl groups excluding tert-OH is 9. The lowest BCUT2D eigenvalue weighted by atomic mass is 9.32. The lowest BCUT2D eigenvalue weighted by Crippen LogP contribution is -3.01. The molecule has 0 bridgehead atoms. The molecule has 0 spiro atoms. The van der Waals surface area contributed by atoms with Crippen molar-refractivity contribution in [3.8, 4) is 0 Å². The summed E-state index contributed by atoms with van der Waals surface area (Å²) in [5.41, 5.74) is -10.1. The van der Waals surface area contributed by atoms with E-state index in [0.717, 1.165) is 0 Å². The molecule has 118 heavy (non-hydrogen) atoms. The molecule has 8 aliphatic rings. The number of fused-ring (bicyclic) bond motifs is 8. The third kappa shape index (κ3) is 22.4. The van der Waals surface area contributed by atoms with E-state index in [2.05, 4.69) is 47.4 Å². The highest BCUT2D eigenvalue weighted by molar-refractivity contribution is 5.85. The Morgan fingerprint density at radius 1 is 0.441 bits per heavy atom. The molecule has 3 heterocycles. The quantitative estimate of drug-likeness (QED) is 0.0199. The summed E-state index contributed by atoms with van der Waals surface area (Å²) in [6.07, 6.45) is -11.5. The zero-order chi connectivity index (χ0) is 86.3. The predicted molar refractivity (Wildman–Crippen MR) is 403 cm³/mol. The summed E-state index contributed by atoms with van der Waals surface area (Å²) >= 11 is 0. The second-order valence-corrected chi connectivity index (χ2v) is 32.9. The summed E-state index contributed by atoms with van der Waals surface area (Å²) in [5, 5.41) is 115. The van der Waals surface area contributed by atoms with E-state index in [9.17, 15) is 84.3 Å². The summed E-state index contributed by atoms with van der Waals surface area (Å²) in [6, 6.07) is 0. The van der Waals surface area contributed by atoms with Gasteiger partial charge in [0, 0.05) is 84.7 Å². The van der Waals surface area contributed by atoms with Crippen molar-refractivity contribution in [3.05, 3.63) is 0 Å². The first-order chi connectivity index (χ1) is 56.1. The number of nitrogens with one attached hydrogen (secondary N) is 8. The molecule has 8 rings (SSSR count). The lowest BCUT2D eigenvalue weighted by Gasteiger charge is -2.82. The van der Waals surface area contributed by atoms with Crippen LogP contribution in [0, 0.1) is 33.5 Å². The largest absolute Gasteiger partial charge is 0.396 e. The number of nitrogens with two attached hydrogens (primary N) is 1. The van der Waals surface area contributed by atoms with Crippen LogP contribution < -0.4 is 48.4 Å². The Morgan fingerprint density at radius 2 is 0.822 bits per heavy atom. The number of amides is 8. The molecule has 678 valence electrons. The second kappa shape index (κ2) is 44.3. The molecule has 20 atom stereocenters. The van der Waals surface area contributed by atoms with Gasteiger partial charge >= 0.3 is 0 Å². The molecule has 5 saturated carbocycles. The van der Waals surface area contributed by atoms with Gasteiger partial charge in [-0.15, -0.1) is 0 Å². The fourth-order valence-electron chi connectivity index (χ4n) is 17.4. The number of rotatable bonds is 63. The van der Waals surface area contributed by atoms with E-state index < -0.39 is 173 Å². The third-order valence-corrected chi connectivity index (χ3v) is 23.6. The molecule has 3 aliphatic heterocycles. The third-order valence-electron chi connectivity index (χ3n) is 23.6. The van der Waals surface area contributed by atoms with Crippen molar-refractivity contribution < 1.29 is 165 Å². The van der Waals surface area contributed by atoms with Crippen molar-refractivity contribution >= 4 is 47.3 Å².